The molecule has 29 heavy (non-hydrogen) atoms. The van der Waals surface area contributed by atoms with E-state index in [-0.39, 0.29) is 24.0 Å². The molecule has 0 bridgehead atoms. The van der Waals surface area contributed by atoms with Crippen molar-refractivity contribution in [3.63, 3.8) is 0 Å². The van der Waals surface area contributed by atoms with Crippen molar-refractivity contribution in [2.45, 2.75) is 5.92 Å². The van der Waals surface area contributed by atoms with Gasteiger partial charge in [-0.1, -0.05) is 6.08 Å². The van der Waals surface area contributed by atoms with E-state index in [0.717, 1.165) is 5.57 Å². The molecule has 2 aliphatic heterocycles. The Morgan fingerprint density at radius 3 is 2.66 bits per heavy atom. The van der Waals surface area contributed by atoms with Gasteiger partial charge < -0.3 is 24.8 Å². The van der Waals surface area contributed by atoms with Gasteiger partial charge >= 0.3 is 0 Å². The fraction of sp³-hybridized carbons (Fsp3) is 0.381. The molecule has 0 spiro atoms. The van der Waals surface area contributed by atoms with Crippen LogP contribution in [-0.2, 0) is 0 Å². The molecular formula is C21H19N5O3. The molecular weight excluding hydrogens is 370 g/mol. The summed E-state index contributed by atoms with van der Waals surface area (Å²) in [4.78, 5) is 2.08. The second-order valence-electron chi connectivity index (χ2n) is 7.35. The van der Waals surface area contributed by atoms with Crippen LogP contribution in [0.5, 0.6) is 17.2 Å². The lowest BCUT2D eigenvalue weighted by Crippen LogP contribution is -2.47. The number of benzene rings is 1. The van der Waals surface area contributed by atoms with Crippen LogP contribution in [0.4, 0.5) is 0 Å². The highest BCUT2D eigenvalue weighted by Gasteiger charge is 2.54. The van der Waals surface area contributed by atoms with Gasteiger partial charge in [-0.25, -0.2) is 0 Å². The van der Waals surface area contributed by atoms with Crippen LogP contribution in [0.25, 0.3) is 0 Å². The predicted molar refractivity (Wildman–Crippen MR) is 101 cm³/mol. The number of nitrogens with zero attached hydrogens (tertiary/aromatic N) is 4. The molecule has 3 aliphatic rings. The third-order valence-electron chi connectivity index (χ3n) is 5.89. The minimum absolute atomic E-state index is 0.00122. The first-order chi connectivity index (χ1) is 14.0. The topological polar surface area (TPSA) is 128 Å². The number of hydrogen-bond acceptors (Lipinski definition) is 8. The maximum atomic E-state index is 10.1. The van der Waals surface area contributed by atoms with Gasteiger partial charge in [-0.3, -0.25) is 0 Å². The van der Waals surface area contributed by atoms with Crippen LogP contribution in [0.3, 0.4) is 0 Å². The maximum absolute atomic E-state index is 10.1. The molecule has 0 saturated carbocycles. The Morgan fingerprint density at radius 2 is 2.00 bits per heavy atom. The molecule has 146 valence electrons. The Labute approximate surface area is 168 Å². The van der Waals surface area contributed by atoms with E-state index < -0.39 is 11.3 Å². The third kappa shape index (κ3) is 2.52. The van der Waals surface area contributed by atoms with Crippen LogP contribution >= 0.6 is 0 Å². The zero-order valence-electron chi connectivity index (χ0n) is 16.1. The van der Waals surface area contributed by atoms with Gasteiger partial charge in [-0.15, -0.1) is 0 Å². The smallest absolute Gasteiger partial charge is 0.231 e. The summed E-state index contributed by atoms with van der Waals surface area (Å²) < 4.78 is 16.5. The van der Waals surface area contributed by atoms with E-state index in [2.05, 4.69) is 23.1 Å². The summed E-state index contributed by atoms with van der Waals surface area (Å²) in [5, 5.41) is 30.0. The number of fused-ring (bicyclic) bond motifs is 2. The fourth-order valence-electron chi connectivity index (χ4n) is 4.53. The Kier molecular flexibility index (Phi) is 4.34. The molecule has 1 aromatic rings. The van der Waals surface area contributed by atoms with Gasteiger partial charge in [0.15, 0.2) is 16.9 Å². The minimum atomic E-state index is -1.69. The molecule has 0 saturated heterocycles. The number of nitriles is 3. The number of rotatable bonds is 2. The highest BCUT2D eigenvalue weighted by atomic mass is 16.7. The normalized spacial score (nSPS) is 24.6. The Balaban J connectivity index is 2.01. The molecule has 8 nitrogen and oxygen atoms in total. The summed E-state index contributed by atoms with van der Waals surface area (Å²) in [6.07, 6.45) is 1.95. The van der Waals surface area contributed by atoms with Crippen LogP contribution in [0.2, 0.25) is 0 Å². The van der Waals surface area contributed by atoms with Crippen LogP contribution in [-0.4, -0.2) is 38.9 Å². The van der Waals surface area contributed by atoms with E-state index in [1.54, 1.807) is 12.1 Å². The lowest BCUT2D eigenvalue weighted by atomic mass is 9.58. The zero-order valence-corrected chi connectivity index (χ0v) is 16.1. The van der Waals surface area contributed by atoms with E-state index in [4.69, 9.17) is 19.9 Å². The number of allylic oxidation sites excluding steroid dienone is 2. The molecule has 0 radical (unpaired) electrons. The Morgan fingerprint density at radius 1 is 1.24 bits per heavy atom. The minimum Gasteiger partial charge on any atom is -0.493 e. The van der Waals surface area contributed by atoms with Gasteiger partial charge in [-0.2, -0.15) is 15.8 Å². The highest BCUT2D eigenvalue weighted by Crippen LogP contribution is 2.56. The molecule has 2 heterocycles. The van der Waals surface area contributed by atoms with Crippen LogP contribution in [0.15, 0.2) is 35.1 Å². The number of nitrogens with two attached hydrogens (primary N) is 1. The molecule has 2 atom stereocenters. The first-order valence-corrected chi connectivity index (χ1v) is 9.10. The molecule has 0 aromatic heterocycles. The standard InChI is InChI=1S/C21H19N5O3/c1-26-4-3-13-14(7-22)20(25)21(9-23,10-24)18(15(13)8-26)12-5-16(27-2)19-17(6-12)28-11-29-19/h3,5-6,15,18H,4,8,11,25H2,1-2H3/t15-,18+/m1/s1. The van der Waals surface area contributed by atoms with Crippen molar-refractivity contribution >= 4 is 0 Å². The molecule has 8 heteroatoms. The van der Waals surface area contributed by atoms with Gasteiger partial charge in [0.25, 0.3) is 0 Å². The van der Waals surface area contributed by atoms with E-state index >= 15 is 0 Å². The lowest BCUT2D eigenvalue weighted by Gasteiger charge is -2.45. The van der Waals surface area contributed by atoms with Gasteiger partial charge in [0.2, 0.25) is 12.5 Å². The monoisotopic (exact) mass is 389 g/mol. The predicted octanol–water partition coefficient (Wildman–Crippen LogP) is 1.78. The van der Waals surface area contributed by atoms with Crippen molar-refractivity contribution in [1.29, 1.82) is 15.8 Å². The first-order valence-electron chi connectivity index (χ1n) is 9.10. The molecule has 0 unspecified atom stereocenters. The zero-order chi connectivity index (χ0) is 20.8. The largest absolute Gasteiger partial charge is 0.493 e. The van der Waals surface area contributed by atoms with Crippen LogP contribution in [0.1, 0.15) is 11.5 Å². The second kappa shape index (κ2) is 6.74. The summed E-state index contributed by atoms with van der Waals surface area (Å²) in [6, 6.07) is 9.92. The summed E-state index contributed by atoms with van der Waals surface area (Å²) in [5.74, 6) is 0.576. The van der Waals surface area contributed by atoms with E-state index in [0.29, 0.717) is 35.9 Å². The van der Waals surface area contributed by atoms with Crippen molar-refractivity contribution in [2.24, 2.45) is 17.1 Å². The average Bonchev–Trinajstić information content (AvgIpc) is 3.21. The second-order valence-corrected chi connectivity index (χ2v) is 7.35. The summed E-state index contributed by atoms with van der Waals surface area (Å²) in [7, 11) is 3.48. The SMILES string of the molecule is COc1cc([C@H]2[C@@H]3CN(C)CC=C3C(C#N)=C(N)C2(C#N)C#N)cc2c1OCO2. The van der Waals surface area contributed by atoms with Crippen molar-refractivity contribution in [2.75, 3.05) is 34.0 Å². The number of methoxy groups -OCH3 is 1. The lowest BCUT2D eigenvalue weighted by molar-refractivity contribution is 0.171. The summed E-state index contributed by atoms with van der Waals surface area (Å²) in [5.41, 5.74) is 6.32. The fourth-order valence-corrected chi connectivity index (χ4v) is 4.53. The summed E-state index contributed by atoms with van der Waals surface area (Å²) in [6.45, 7) is 1.31. The average molecular weight is 389 g/mol. The quantitative estimate of drug-likeness (QED) is 0.810. The van der Waals surface area contributed by atoms with E-state index in [9.17, 15) is 15.8 Å². The molecule has 2 N–H and O–H groups in total. The van der Waals surface area contributed by atoms with Gasteiger partial charge in [0, 0.05) is 24.9 Å². The molecule has 1 aliphatic carbocycles. The first kappa shape index (κ1) is 18.7. The van der Waals surface area contributed by atoms with Crippen LogP contribution in [0, 0.1) is 45.3 Å². The van der Waals surface area contributed by atoms with E-state index in [1.165, 1.54) is 7.11 Å². The third-order valence-corrected chi connectivity index (χ3v) is 5.89. The molecule has 4 rings (SSSR count). The molecule has 1 aromatic carbocycles. The van der Waals surface area contributed by atoms with Crippen LogP contribution < -0.4 is 19.9 Å². The van der Waals surface area contributed by atoms with Gasteiger partial charge in [-0.05, 0) is 30.3 Å². The summed E-state index contributed by atoms with van der Waals surface area (Å²) >= 11 is 0. The molecule has 0 amide bonds. The van der Waals surface area contributed by atoms with Crippen molar-refractivity contribution < 1.29 is 14.2 Å². The Hall–Kier alpha value is -3.67. The maximum Gasteiger partial charge on any atom is 0.231 e. The van der Waals surface area contributed by atoms with Gasteiger partial charge in [0.1, 0.15) is 6.07 Å². The molecule has 0 fully saturated rings. The van der Waals surface area contributed by atoms with E-state index in [1.807, 2.05) is 13.1 Å². The van der Waals surface area contributed by atoms with Crippen molar-refractivity contribution in [3.05, 3.63) is 40.6 Å². The van der Waals surface area contributed by atoms with Gasteiger partial charge in [0.05, 0.1) is 30.5 Å². The number of likely N-dealkylation sites (N-methyl/N-ethyl adjacent to an activating group) is 1. The Bertz CT molecular complexity index is 1060. The van der Waals surface area contributed by atoms with Crippen molar-refractivity contribution in [3.8, 4) is 35.5 Å². The number of hydrogen-bond donors (Lipinski definition) is 1. The number of ether oxygens (including phenoxy) is 3. The van der Waals surface area contributed by atoms with Crippen molar-refractivity contribution in [1.82, 2.24) is 4.90 Å². The highest BCUT2D eigenvalue weighted by molar-refractivity contribution is 5.62.